The van der Waals surface area contributed by atoms with Crippen LogP contribution >= 0.6 is 25.3 Å². The fourth-order valence-corrected chi connectivity index (χ4v) is 2.26. The first kappa shape index (κ1) is 23.6. The third-order valence-electron chi connectivity index (χ3n) is 4.72. The van der Waals surface area contributed by atoms with Crippen LogP contribution in [-0.2, 0) is 19.1 Å². The van der Waals surface area contributed by atoms with Crippen LogP contribution in [0.1, 0.15) is 67.2 Å². The monoisotopic (exact) mass is 378 g/mol. The molecule has 4 nitrogen and oxygen atoms in total. The Bertz CT molecular complexity index is 378. The molecule has 0 aliphatic rings. The van der Waals surface area contributed by atoms with Gasteiger partial charge in [-0.05, 0) is 39.5 Å². The molecule has 0 aromatic carbocycles. The molecule has 0 amide bonds. The molecule has 0 bridgehead atoms. The summed E-state index contributed by atoms with van der Waals surface area (Å²) in [5.74, 6) is 0.00728. The Morgan fingerprint density at radius 1 is 0.833 bits per heavy atom. The summed E-state index contributed by atoms with van der Waals surface area (Å²) in [5.41, 5.74) is -1.13. The first-order valence-electron chi connectivity index (χ1n) is 8.73. The van der Waals surface area contributed by atoms with Gasteiger partial charge in [-0.15, -0.1) is 0 Å². The normalized spacial score (nSPS) is 18.8. The molecule has 0 spiro atoms. The van der Waals surface area contributed by atoms with E-state index in [0.717, 1.165) is 0 Å². The fraction of sp³-hybridized carbons (Fsp3) is 0.889. The maximum absolute atomic E-state index is 12.1. The predicted octanol–water partition coefficient (Wildman–Crippen LogP) is 4.32. The number of carbonyl (C=O) groups is 2. The quantitative estimate of drug-likeness (QED) is 0.415. The Morgan fingerprint density at radius 2 is 1.12 bits per heavy atom. The van der Waals surface area contributed by atoms with Crippen LogP contribution < -0.4 is 0 Å². The molecule has 4 atom stereocenters. The van der Waals surface area contributed by atoms with Gasteiger partial charge >= 0.3 is 11.9 Å². The van der Waals surface area contributed by atoms with E-state index in [9.17, 15) is 9.59 Å². The summed E-state index contributed by atoms with van der Waals surface area (Å²) in [5, 5.41) is 0. The molecule has 4 unspecified atom stereocenters. The summed E-state index contributed by atoms with van der Waals surface area (Å²) in [6, 6.07) is 0. The van der Waals surface area contributed by atoms with E-state index in [1.807, 2.05) is 41.5 Å². The Balaban J connectivity index is 4.87. The van der Waals surface area contributed by atoms with Crippen molar-refractivity contribution in [3.63, 3.8) is 0 Å². The van der Waals surface area contributed by atoms with Gasteiger partial charge in [-0.25, -0.2) is 0 Å². The maximum atomic E-state index is 12.1. The van der Waals surface area contributed by atoms with Crippen LogP contribution in [0.15, 0.2) is 0 Å². The number of hydrogen-bond donors (Lipinski definition) is 2. The van der Waals surface area contributed by atoms with Gasteiger partial charge in [0.15, 0.2) is 0 Å². The van der Waals surface area contributed by atoms with Crippen LogP contribution in [0.2, 0.25) is 0 Å². The highest BCUT2D eigenvalue weighted by atomic mass is 32.1. The first-order chi connectivity index (χ1) is 11.1. The van der Waals surface area contributed by atoms with Gasteiger partial charge in [0.25, 0.3) is 0 Å². The van der Waals surface area contributed by atoms with Crippen molar-refractivity contribution in [3.05, 3.63) is 0 Å². The Labute approximate surface area is 158 Å². The number of ether oxygens (including phenoxy) is 2. The molecule has 0 rings (SSSR count). The molecule has 0 radical (unpaired) electrons. The highest BCUT2D eigenvalue weighted by Gasteiger charge is 2.35. The van der Waals surface area contributed by atoms with Crippen molar-refractivity contribution >= 4 is 37.2 Å². The lowest BCUT2D eigenvalue weighted by Crippen LogP contribution is -2.39. The van der Waals surface area contributed by atoms with Gasteiger partial charge in [0.1, 0.15) is 11.2 Å². The standard InChI is InChI=1S/C18H34O4S2/c1-7-17(5,21-15(19)13(3)11-23)9-10-18(6,8-2)22-16(20)14(4)12-24/h13-14,23-24H,7-12H2,1-6H3. The predicted molar refractivity (Wildman–Crippen MR) is 105 cm³/mol. The fourth-order valence-electron chi connectivity index (χ4n) is 1.96. The lowest BCUT2D eigenvalue weighted by atomic mass is 9.88. The summed E-state index contributed by atoms with van der Waals surface area (Å²) >= 11 is 8.30. The molecule has 0 aromatic rings. The van der Waals surface area contributed by atoms with Gasteiger partial charge in [0, 0.05) is 11.5 Å². The zero-order chi connectivity index (χ0) is 19.0. The molecule has 0 aliphatic carbocycles. The van der Waals surface area contributed by atoms with Gasteiger partial charge in [0.05, 0.1) is 11.8 Å². The molecule has 24 heavy (non-hydrogen) atoms. The van der Waals surface area contributed by atoms with Crippen molar-refractivity contribution in [1.82, 2.24) is 0 Å². The molecule has 0 saturated carbocycles. The molecule has 0 heterocycles. The van der Waals surface area contributed by atoms with Crippen molar-refractivity contribution in [3.8, 4) is 0 Å². The highest BCUT2D eigenvalue weighted by molar-refractivity contribution is 7.80. The number of hydrogen-bond acceptors (Lipinski definition) is 6. The van der Waals surface area contributed by atoms with Gasteiger partial charge in [0.2, 0.25) is 0 Å². The average molecular weight is 379 g/mol. The third kappa shape index (κ3) is 7.68. The number of thiol groups is 2. The van der Waals surface area contributed by atoms with E-state index >= 15 is 0 Å². The topological polar surface area (TPSA) is 52.6 Å². The second kappa shape index (κ2) is 10.6. The summed E-state index contributed by atoms with van der Waals surface area (Å²) in [7, 11) is 0. The maximum Gasteiger partial charge on any atom is 0.310 e. The Morgan fingerprint density at radius 3 is 1.33 bits per heavy atom. The van der Waals surface area contributed by atoms with E-state index in [1.165, 1.54) is 0 Å². The lowest BCUT2D eigenvalue weighted by molar-refractivity contribution is -0.170. The molecular weight excluding hydrogens is 344 g/mol. The van der Waals surface area contributed by atoms with Crippen molar-refractivity contribution < 1.29 is 19.1 Å². The number of rotatable bonds is 11. The van der Waals surface area contributed by atoms with E-state index in [4.69, 9.17) is 9.47 Å². The molecule has 6 heteroatoms. The lowest BCUT2D eigenvalue weighted by Gasteiger charge is -2.35. The van der Waals surface area contributed by atoms with E-state index < -0.39 is 11.2 Å². The van der Waals surface area contributed by atoms with Crippen molar-refractivity contribution in [2.75, 3.05) is 11.5 Å². The summed E-state index contributed by atoms with van der Waals surface area (Å²) < 4.78 is 11.4. The minimum Gasteiger partial charge on any atom is -0.459 e. The van der Waals surface area contributed by atoms with Gasteiger partial charge in [-0.3, -0.25) is 9.59 Å². The molecule has 142 valence electrons. The van der Waals surface area contributed by atoms with E-state index in [0.29, 0.717) is 37.2 Å². The van der Waals surface area contributed by atoms with Crippen LogP contribution in [0.4, 0.5) is 0 Å². The minimum absolute atomic E-state index is 0.228. The third-order valence-corrected chi connectivity index (χ3v) is 5.82. The van der Waals surface area contributed by atoms with E-state index in [2.05, 4.69) is 25.3 Å². The van der Waals surface area contributed by atoms with Crippen LogP contribution in [-0.4, -0.2) is 34.6 Å². The number of carbonyl (C=O) groups excluding carboxylic acids is 2. The molecule has 0 aliphatic heterocycles. The van der Waals surface area contributed by atoms with Crippen LogP contribution in [0, 0.1) is 11.8 Å². The second-order valence-electron chi connectivity index (χ2n) is 7.12. The van der Waals surface area contributed by atoms with E-state index in [1.54, 1.807) is 0 Å². The zero-order valence-corrected chi connectivity index (χ0v) is 17.7. The van der Waals surface area contributed by atoms with Crippen molar-refractivity contribution in [1.29, 1.82) is 0 Å². The van der Waals surface area contributed by atoms with Gasteiger partial charge in [-0.2, -0.15) is 25.3 Å². The van der Waals surface area contributed by atoms with Crippen LogP contribution in [0.5, 0.6) is 0 Å². The molecular formula is C18H34O4S2. The Hall–Kier alpha value is -0.360. The van der Waals surface area contributed by atoms with Crippen molar-refractivity contribution in [2.24, 2.45) is 11.8 Å². The SMILES string of the molecule is CCC(C)(CCC(C)(CC)OC(=O)C(C)CS)OC(=O)C(C)CS. The zero-order valence-electron chi connectivity index (χ0n) is 15.9. The second-order valence-corrected chi connectivity index (χ2v) is 7.85. The highest BCUT2D eigenvalue weighted by Crippen LogP contribution is 2.31. The summed E-state index contributed by atoms with van der Waals surface area (Å²) in [4.78, 5) is 24.2. The van der Waals surface area contributed by atoms with Crippen molar-refractivity contribution in [2.45, 2.75) is 78.4 Å². The number of esters is 2. The first-order valence-corrected chi connectivity index (χ1v) is 10.00. The molecule has 0 aromatic heterocycles. The Kier molecular flexibility index (Phi) is 10.4. The van der Waals surface area contributed by atoms with E-state index in [-0.39, 0.29) is 23.8 Å². The smallest absolute Gasteiger partial charge is 0.310 e. The van der Waals surface area contributed by atoms with Crippen LogP contribution in [0.3, 0.4) is 0 Å². The molecule has 0 saturated heterocycles. The summed E-state index contributed by atoms with van der Waals surface area (Å²) in [6.07, 6.45) is 2.69. The largest absolute Gasteiger partial charge is 0.459 e. The minimum atomic E-state index is -0.563. The van der Waals surface area contributed by atoms with Gasteiger partial charge in [-0.1, -0.05) is 27.7 Å². The van der Waals surface area contributed by atoms with Crippen LogP contribution in [0.25, 0.3) is 0 Å². The molecule has 0 fully saturated rings. The average Bonchev–Trinajstić information content (AvgIpc) is 2.58. The van der Waals surface area contributed by atoms with Gasteiger partial charge < -0.3 is 9.47 Å². The molecule has 0 N–H and O–H groups in total. The summed E-state index contributed by atoms with van der Waals surface area (Å²) in [6.45, 7) is 11.5.